The Kier molecular flexibility index (Phi) is 10.4. The molecule has 0 saturated heterocycles. The van der Waals surface area contributed by atoms with Crippen molar-refractivity contribution < 1.29 is 19.1 Å². The van der Waals surface area contributed by atoms with E-state index >= 15 is 0 Å². The molecule has 2 aromatic rings. The molecule has 6 heteroatoms. The van der Waals surface area contributed by atoms with Crippen molar-refractivity contribution in [1.82, 2.24) is 0 Å². The van der Waals surface area contributed by atoms with Crippen LogP contribution in [0.2, 0.25) is 0 Å². The molecule has 2 rings (SSSR count). The average Bonchev–Trinajstić information content (AvgIpc) is 2.75. The quantitative estimate of drug-likeness (QED) is 0.295. The molecule has 0 aliphatic carbocycles. The van der Waals surface area contributed by atoms with Crippen LogP contribution in [0.25, 0.3) is 0 Å². The third-order valence-electron chi connectivity index (χ3n) is 4.60. The summed E-state index contributed by atoms with van der Waals surface area (Å²) in [5.74, 6) is 0.359. The van der Waals surface area contributed by atoms with E-state index in [1.54, 1.807) is 24.3 Å². The van der Waals surface area contributed by atoms with Crippen molar-refractivity contribution in [3.8, 4) is 5.75 Å². The lowest BCUT2D eigenvalue weighted by Crippen LogP contribution is -2.13. The Balaban J connectivity index is 1.70. The maximum Gasteiger partial charge on any atom is 0.338 e. The zero-order valence-electron chi connectivity index (χ0n) is 17.7. The fourth-order valence-electron chi connectivity index (χ4n) is 2.81. The van der Waals surface area contributed by atoms with Crippen LogP contribution in [0.4, 0.5) is 5.69 Å². The van der Waals surface area contributed by atoms with E-state index in [0.29, 0.717) is 37.3 Å². The maximum atomic E-state index is 12.1. The summed E-state index contributed by atoms with van der Waals surface area (Å²) in [5, 5.41) is 2.84. The van der Waals surface area contributed by atoms with Gasteiger partial charge in [0.05, 0.1) is 23.2 Å². The second kappa shape index (κ2) is 13.1. The molecule has 2 aromatic carbocycles. The predicted octanol–water partition coefficient (Wildman–Crippen LogP) is 6.16. The number of halogens is 1. The first kappa shape index (κ1) is 23.9. The van der Waals surface area contributed by atoms with Crippen molar-refractivity contribution >= 4 is 33.5 Å². The van der Waals surface area contributed by atoms with Gasteiger partial charge in [-0.05, 0) is 77.2 Å². The number of anilines is 1. The van der Waals surface area contributed by atoms with Gasteiger partial charge in [0, 0.05) is 12.1 Å². The Hall–Kier alpha value is -2.34. The highest BCUT2D eigenvalue weighted by Gasteiger charge is 2.08. The topological polar surface area (TPSA) is 64.6 Å². The molecule has 0 spiro atoms. The van der Waals surface area contributed by atoms with Crippen molar-refractivity contribution in [1.29, 1.82) is 0 Å². The van der Waals surface area contributed by atoms with Crippen LogP contribution in [0.15, 0.2) is 46.9 Å². The molecule has 0 bridgehead atoms. The molecule has 1 amide bonds. The number of esters is 1. The Bertz CT molecular complexity index is 820. The molecule has 162 valence electrons. The third-order valence-corrected chi connectivity index (χ3v) is 5.22. The molecule has 0 atom stereocenters. The summed E-state index contributed by atoms with van der Waals surface area (Å²) in [7, 11) is 0. The minimum Gasteiger partial charge on any atom is -0.492 e. The number of nitrogens with one attached hydrogen (secondary N) is 1. The fraction of sp³-hybridized carbons (Fsp3) is 0.417. The van der Waals surface area contributed by atoms with Gasteiger partial charge in [-0.25, -0.2) is 4.79 Å². The summed E-state index contributed by atoms with van der Waals surface area (Å²) in [6, 6.07) is 12.8. The number of unbranched alkanes of at least 4 members (excludes halogenated alkanes) is 2. The zero-order valence-corrected chi connectivity index (χ0v) is 19.3. The molecule has 0 heterocycles. The van der Waals surface area contributed by atoms with Crippen molar-refractivity contribution in [3.05, 3.63) is 58.1 Å². The molecule has 0 aromatic heterocycles. The number of carbonyl (C=O) groups is 2. The summed E-state index contributed by atoms with van der Waals surface area (Å²) in [6.07, 6.45) is 4.94. The van der Waals surface area contributed by atoms with Crippen molar-refractivity contribution in [2.24, 2.45) is 0 Å². The number of amides is 1. The number of rotatable bonds is 12. The van der Waals surface area contributed by atoms with Crippen LogP contribution in [0, 0.1) is 0 Å². The van der Waals surface area contributed by atoms with Gasteiger partial charge >= 0.3 is 5.97 Å². The molecule has 0 saturated carbocycles. The highest BCUT2D eigenvalue weighted by Crippen LogP contribution is 2.26. The lowest BCUT2D eigenvalue weighted by Gasteiger charge is -2.10. The van der Waals surface area contributed by atoms with E-state index in [2.05, 4.69) is 35.1 Å². The molecule has 30 heavy (non-hydrogen) atoms. The summed E-state index contributed by atoms with van der Waals surface area (Å²) in [4.78, 5) is 24.1. The highest BCUT2D eigenvalue weighted by molar-refractivity contribution is 9.10. The van der Waals surface area contributed by atoms with Crippen LogP contribution >= 0.6 is 15.9 Å². The van der Waals surface area contributed by atoms with E-state index in [1.807, 2.05) is 18.2 Å². The number of aryl methyl sites for hydroxylation is 1. The van der Waals surface area contributed by atoms with Crippen LogP contribution in [-0.2, 0) is 16.0 Å². The van der Waals surface area contributed by atoms with E-state index in [1.165, 1.54) is 5.56 Å². The maximum absolute atomic E-state index is 12.1. The van der Waals surface area contributed by atoms with Crippen LogP contribution in [0.3, 0.4) is 0 Å². The van der Waals surface area contributed by atoms with Crippen LogP contribution in [0.1, 0.15) is 61.9 Å². The van der Waals surface area contributed by atoms with Gasteiger partial charge in [0.25, 0.3) is 0 Å². The van der Waals surface area contributed by atoms with Crippen molar-refractivity contribution in [2.45, 2.75) is 52.4 Å². The summed E-state index contributed by atoms with van der Waals surface area (Å²) in [5.41, 5.74) is 2.38. The van der Waals surface area contributed by atoms with Crippen LogP contribution in [0.5, 0.6) is 5.75 Å². The number of benzene rings is 2. The standard InChI is InChI=1S/C24H30BrNO4/c1-3-5-6-15-30-24(28)19-10-12-20(13-11-19)26-23(27)8-7-16-29-22-14-9-18(4-2)17-21(22)25/h9-14,17H,3-8,15-16H2,1-2H3,(H,26,27). The third kappa shape index (κ3) is 8.19. The zero-order chi connectivity index (χ0) is 21.8. The molecule has 0 fully saturated rings. The Labute approximate surface area is 187 Å². The fourth-order valence-corrected chi connectivity index (χ4v) is 3.35. The van der Waals surface area contributed by atoms with Gasteiger partial charge in [-0.1, -0.05) is 32.8 Å². The van der Waals surface area contributed by atoms with Gasteiger partial charge in [-0.2, -0.15) is 0 Å². The minimum absolute atomic E-state index is 0.0890. The number of carbonyl (C=O) groups excluding carboxylic acids is 2. The Morgan fingerprint density at radius 1 is 0.967 bits per heavy atom. The molecule has 1 N–H and O–H groups in total. The molecule has 0 aliphatic rings. The number of hydrogen-bond acceptors (Lipinski definition) is 4. The summed E-state index contributed by atoms with van der Waals surface area (Å²) >= 11 is 3.51. The first-order valence-corrected chi connectivity index (χ1v) is 11.3. The molecule has 0 radical (unpaired) electrons. The SMILES string of the molecule is CCCCCOC(=O)c1ccc(NC(=O)CCCOc2ccc(CC)cc2Br)cc1. The van der Waals surface area contributed by atoms with E-state index in [9.17, 15) is 9.59 Å². The summed E-state index contributed by atoms with van der Waals surface area (Å²) < 4.78 is 11.9. The van der Waals surface area contributed by atoms with E-state index in [-0.39, 0.29) is 11.9 Å². The lowest BCUT2D eigenvalue weighted by molar-refractivity contribution is -0.116. The first-order valence-electron chi connectivity index (χ1n) is 10.5. The van der Waals surface area contributed by atoms with Gasteiger partial charge in [0.2, 0.25) is 5.91 Å². The van der Waals surface area contributed by atoms with E-state index in [0.717, 1.165) is 35.9 Å². The molecular formula is C24H30BrNO4. The monoisotopic (exact) mass is 475 g/mol. The van der Waals surface area contributed by atoms with Gasteiger partial charge in [0.15, 0.2) is 0 Å². The summed E-state index contributed by atoms with van der Waals surface area (Å²) in [6.45, 7) is 5.10. The number of hydrogen-bond donors (Lipinski definition) is 1. The average molecular weight is 476 g/mol. The molecule has 0 aliphatic heterocycles. The van der Waals surface area contributed by atoms with Gasteiger partial charge in [-0.3, -0.25) is 4.79 Å². The van der Waals surface area contributed by atoms with Crippen LogP contribution in [-0.4, -0.2) is 25.1 Å². The first-order chi connectivity index (χ1) is 14.5. The lowest BCUT2D eigenvalue weighted by atomic mass is 10.2. The predicted molar refractivity (Wildman–Crippen MR) is 123 cm³/mol. The Morgan fingerprint density at radius 3 is 2.40 bits per heavy atom. The van der Waals surface area contributed by atoms with Gasteiger partial charge in [0.1, 0.15) is 5.75 Å². The molecule has 5 nitrogen and oxygen atoms in total. The van der Waals surface area contributed by atoms with Gasteiger partial charge in [-0.15, -0.1) is 0 Å². The largest absolute Gasteiger partial charge is 0.492 e. The van der Waals surface area contributed by atoms with Gasteiger partial charge < -0.3 is 14.8 Å². The van der Waals surface area contributed by atoms with Crippen molar-refractivity contribution in [2.75, 3.05) is 18.5 Å². The van der Waals surface area contributed by atoms with E-state index in [4.69, 9.17) is 9.47 Å². The normalized spacial score (nSPS) is 10.5. The number of ether oxygens (including phenoxy) is 2. The van der Waals surface area contributed by atoms with Crippen LogP contribution < -0.4 is 10.1 Å². The molecule has 0 unspecified atom stereocenters. The second-order valence-electron chi connectivity index (χ2n) is 7.04. The highest BCUT2D eigenvalue weighted by atomic mass is 79.9. The Morgan fingerprint density at radius 2 is 1.73 bits per heavy atom. The second-order valence-corrected chi connectivity index (χ2v) is 7.89. The van der Waals surface area contributed by atoms with E-state index < -0.39 is 0 Å². The molecular weight excluding hydrogens is 446 g/mol. The minimum atomic E-state index is -0.334. The van der Waals surface area contributed by atoms with Crippen molar-refractivity contribution in [3.63, 3.8) is 0 Å². The smallest absolute Gasteiger partial charge is 0.338 e.